The van der Waals surface area contributed by atoms with Crippen molar-refractivity contribution in [3.8, 4) is 0 Å². The lowest BCUT2D eigenvalue weighted by Crippen LogP contribution is -2.58. The van der Waals surface area contributed by atoms with Crippen molar-refractivity contribution >= 4 is 66.8 Å². The third-order valence-corrected chi connectivity index (χ3v) is 12.2. The first-order valence-electron chi connectivity index (χ1n) is 10.2. The number of carbonyl (C=O) groups excluding carboxylic acids is 4. The van der Waals surface area contributed by atoms with Gasteiger partial charge in [0.05, 0.1) is 0 Å². The Balaban J connectivity index is 3.15. The molecule has 0 aromatic carbocycles. The summed E-state index contributed by atoms with van der Waals surface area (Å²) in [6.07, 6.45) is 2.93. The lowest BCUT2D eigenvalue weighted by Gasteiger charge is -2.39. The zero-order valence-corrected chi connectivity index (χ0v) is 21.2. The highest BCUT2D eigenvalue weighted by Crippen LogP contribution is 2.65. The molecule has 1 saturated heterocycles. The molecule has 4 amide bonds. The third kappa shape index (κ3) is 6.64. The molecule has 1 fully saturated rings. The molecule has 0 saturated carbocycles. The van der Waals surface area contributed by atoms with E-state index in [1.165, 1.54) is 0 Å². The molecule has 8 nitrogen and oxygen atoms in total. The molecule has 0 aliphatic carbocycles. The standard InChI is InChI=1S/C18H32N4O4S4/c1-5-9-19-13(23)17(14(24)20-10-6-2)27-29-18(30-28-17,15(25)21-11-7-3)16(26)22-12-8-4/h5-12H2,1-4H3,(H,19,23)(H,20,24)(H,21,25)(H,22,26). The Hall–Kier alpha value is -0.720. The van der Waals surface area contributed by atoms with Gasteiger partial charge >= 0.3 is 0 Å². The Morgan fingerprint density at radius 3 is 0.867 bits per heavy atom. The van der Waals surface area contributed by atoms with Crippen LogP contribution >= 0.6 is 43.2 Å². The highest BCUT2D eigenvalue weighted by Gasteiger charge is 2.60. The molecule has 1 heterocycles. The predicted molar refractivity (Wildman–Crippen MR) is 129 cm³/mol. The highest BCUT2D eigenvalue weighted by molar-refractivity contribution is 8.95. The smallest absolute Gasteiger partial charge is 0.258 e. The first kappa shape index (κ1) is 27.3. The van der Waals surface area contributed by atoms with Crippen molar-refractivity contribution in [3.05, 3.63) is 0 Å². The van der Waals surface area contributed by atoms with Crippen LogP contribution in [-0.2, 0) is 19.2 Å². The van der Waals surface area contributed by atoms with Crippen LogP contribution in [0.15, 0.2) is 0 Å². The Labute approximate surface area is 194 Å². The highest BCUT2D eigenvalue weighted by atomic mass is 33.2. The summed E-state index contributed by atoms with van der Waals surface area (Å²) in [4.78, 5) is 51.7. The van der Waals surface area contributed by atoms with E-state index in [2.05, 4.69) is 21.3 Å². The molecular formula is C18H32N4O4S4. The Morgan fingerprint density at radius 2 is 0.700 bits per heavy atom. The fraction of sp³-hybridized carbons (Fsp3) is 0.778. The van der Waals surface area contributed by atoms with Crippen LogP contribution in [0.3, 0.4) is 0 Å². The van der Waals surface area contributed by atoms with Crippen molar-refractivity contribution in [2.75, 3.05) is 26.2 Å². The second-order valence-corrected chi connectivity index (χ2v) is 12.2. The van der Waals surface area contributed by atoms with Gasteiger partial charge in [-0.3, -0.25) is 19.2 Å². The molecule has 4 N–H and O–H groups in total. The molecule has 172 valence electrons. The van der Waals surface area contributed by atoms with Crippen LogP contribution in [0.2, 0.25) is 0 Å². The minimum Gasteiger partial charge on any atom is -0.354 e. The van der Waals surface area contributed by atoms with Crippen molar-refractivity contribution < 1.29 is 19.2 Å². The van der Waals surface area contributed by atoms with Gasteiger partial charge in [-0.25, -0.2) is 0 Å². The second kappa shape index (κ2) is 13.6. The van der Waals surface area contributed by atoms with Crippen LogP contribution in [0, 0.1) is 0 Å². The summed E-state index contributed by atoms with van der Waals surface area (Å²) in [5, 5.41) is 11.1. The average Bonchev–Trinajstić information content (AvgIpc) is 2.77. The molecule has 0 atom stereocenters. The van der Waals surface area contributed by atoms with E-state index in [0.717, 1.165) is 68.9 Å². The minimum absolute atomic E-state index is 0.426. The van der Waals surface area contributed by atoms with Crippen molar-refractivity contribution in [3.63, 3.8) is 0 Å². The number of carbonyl (C=O) groups is 4. The number of nitrogens with one attached hydrogen (secondary N) is 4. The minimum atomic E-state index is -1.49. The molecule has 0 aromatic rings. The van der Waals surface area contributed by atoms with E-state index >= 15 is 0 Å². The van der Waals surface area contributed by atoms with E-state index in [0.29, 0.717) is 26.2 Å². The molecule has 1 aliphatic rings. The fourth-order valence-electron chi connectivity index (χ4n) is 2.19. The van der Waals surface area contributed by atoms with Crippen molar-refractivity contribution in [1.29, 1.82) is 0 Å². The maximum atomic E-state index is 12.9. The molecule has 0 bridgehead atoms. The molecule has 0 radical (unpaired) electrons. The zero-order chi connectivity index (χ0) is 22.6. The summed E-state index contributed by atoms with van der Waals surface area (Å²) in [5.74, 6) is -1.71. The molecule has 1 rings (SSSR count). The number of rotatable bonds is 12. The lowest BCUT2D eigenvalue weighted by molar-refractivity contribution is -0.131. The Bertz CT molecular complexity index is 517. The molecule has 0 aromatic heterocycles. The van der Waals surface area contributed by atoms with Crippen LogP contribution in [0.1, 0.15) is 53.4 Å². The summed E-state index contributed by atoms with van der Waals surface area (Å²) in [7, 11) is 3.89. The van der Waals surface area contributed by atoms with Gasteiger partial charge in [0.1, 0.15) is 0 Å². The van der Waals surface area contributed by atoms with Crippen molar-refractivity contribution in [1.82, 2.24) is 21.3 Å². The van der Waals surface area contributed by atoms with E-state index < -0.39 is 31.8 Å². The van der Waals surface area contributed by atoms with Crippen LogP contribution in [0.25, 0.3) is 0 Å². The van der Waals surface area contributed by atoms with Gasteiger partial charge in [-0.05, 0) is 25.7 Å². The van der Waals surface area contributed by atoms with Crippen LogP contribution in [0.4, 0.5) is 0 Å². The summed E-state index contributed by atoms with van der Waals surface area (Å²) in [6.45, 7) is 9.47. The van der Waals surface area contributed by atoms with E-state index in [9.17, 15) is 19.2 Å². The van der Waals surface area contributed by atoms with E-state index in [1.807, 2.05) is 27.7 Å². The first-order valence-corrected chi connectivity index (χ1v) is 14.5. The quantitative estimate of drug-likeness (QED) is 0.240. The SMILES string of the molecule is CCCNC(=O)C1(C(=O)NCCC)SSC(C(=O)NCCC)(C(=O)NCCC)SS1. The maximum absolute atomic E-state index is 12.9. The van der Waals surface area contributed by atoms with Gasteiger partial charge in [-0.2, -0.15) is 0 Å². The molecular weight excluding hydrogens is 464 g/mol. The molecule has 0 spiro atoms. The second-order valence-electron chi connectivity index (χ2n) is 6.59. The van der Waals surface area contributed by atoms with Gasteiger partial charge < -0.3 is 21.3 Å². The van der Waals surface area contributed by atoms with E-state index in [1.54, 1.807) is 0 Å². The Morgan fingerprint density at radius 1 is 0.500 bits per heavy atom. The monoisotopic (exact) mass is 496 g/mol. The topological polar surface area (TPSA) is 116 Å². The number of hydrogen-bond acceptors (Lipinski definition) is 8. The lowest BCUT2D eigenvalue weighted by atomic mass is 10.3. The summed E-state index contributed by atoms with van der Waals surface area (Å²) in [6, 6.07) is 0. The Kier molecular flexibility index (Phi) is 12.4. The van der Waals surface area contributed by atoms with Gasteiger partial charge in [0.25, 0.3) is 23.6 Å². The largest absolute Gasteiger partial charge is 0.354 e. The van der Waals surface area contributed by atoms with Crippen molar-refractivity contribution in [2.45, 2.75) is 61.5 Å². The van der Waals surface area contributed by atoms with E-state index in [4.69, 9.17) is 0 Å². The molecule has 30 heavy (non-hydrogen) atoms. The molecule has 1 aliphatic heterocycles. The van der Waals surface area contributed by atoms with Gasteiger partial charge in [0.15, 0.2) is 0 Å². The summed E-state index contributed by atoms with van der Waals surface area (Å²) < 4.78 is -2.97. The van der Waals surface area contributed by atoms with Gasteiger partial charge in [-0.1, -0.05) is 70.9 Å². The normalized spacial score (nSPS) is 16.9. The third-order valence-electron chi connectivity index (χ3n) is 3.89. The first-order chi connectivity index (χ1) is 14.3. The predicted octanol–water partition coefficient (Wildman–Crippen LogP) is 2.26. The van der Waals surface area contributed by atoms with E-state index in [-0.39, 0.29) is 0 Å². The van der Waals surface area contributed by atoms with Gasteiger partial charge in [0.2, 0.25) is 8.16 Å². The van der Waals surface area contributed by atoms with Gasteiger partial charge in [-0.15, -0.1) is 0 Å². The van der Waals surface area contributed by atoms with Crippen LogP contribution < -0.4 is 21.3 Å². The maximum Gasteiger partial charge on any atom is 0.258 e. The summed E-state index contributed by atoms with van der Waals surface area (Å²) >= 11 is 0. The van der Waals surface area contributed by atoms with Crippen LogP contribution in [-0.4, -0.2) is 58.0 Å². The summed E-state index contributed by atoms with van der Waals surface area (Å²) in [5.41, 5.74) is 0. The zero-order valence-electron chi connectivity index (χ0n) is 17.9. The van der Waals surface area contributed by atoms with Crippen molar-refractivity contribution in [2.24, 2.45) is 0 Å². The molecule has 0 unspecified atom stereocenters. The number of amides is 4. The molecule has 12 heteroatoms. The van der Waals surface area contributed by atoms with Gasteiger partial charge in [0, 0.05) is 26.2 Å². The average molecular weight is 497 g/mol. The fourth-order valence-corrected chi connectivity index (χ4v) is 10.5. The van der Waals surface area contributed by atoms with Crippen LogP contribution in [0.5, 0.6) is 0 Å². The number of hydrogen-bond donors (Lipinski definition) is 4.